The highest BCUT2D eigenvalue weighted by molar-refractivity contribution is 5.48. The van der Waals surface area contributed by atoms with Crippen molar-refractivity contribution in [1.82, 2.24) is 0 Å². The summed E-state index contributed by atoms with van der Waals surface area (Å²) in [5, 5.41) is 3.30. The molecule has 2 heteroatoms. The van der Waals surface area contributed by atoms with Crippen LogP contribution in [0.15, 0.2) is 36.4 Å². The summed E-state index contributed by atoms with van der Waals surface area (Å²) in [6.45, 7) is 10.9. The van der Waals surface area contributed by atoms with Gasteiger partial charge in [0.05, 0.1) is 6.10 Å². The van der Waals surface area contributed by atoms with Crippen LogP contribution in [0.5, 0.6) is 5.75 Å². The molecule has 0 heterocycles. The summed E-state index contributed by atoms with van der Waals surface area (Å²) in [5.41, 5.74) is 2.19. The van der Waals surface area contributed by atoms with Gasteiger partial charge in [-0.1, -0.05) is 25.1 Å². The van der Waals surface area contributed by atoms with E-state index in [9.17, 15) is 0 Å². The molecule has 0 fully saturated rings. The van der Waals surface area contributed by atoms with E-state index >= 15 is 0 Å². The van der Waals surface area contributed by atoms with Gasteiger partial charge in [-0.2, -0.15) is 0 Å². The van der Waals surface area contributed by atoms with Gasteiger partial charge in [-0.15, -0.1) is 0 Å². The summed E-state index contributed by atoms with van der Waals surface area (Å²) < 4.78 is 5.75. The van der Waals surface area contributed by atoms with Gasteiger partial charge in [-0.3, -0.25) is 0 Å². The predicted molar refractivity (Wildman–Crippen MR) is 70.1 cm³/mol. The van der Waals surface area contributed by atoms with Crippen LogP contribution < -0.4 is 10.1 Å². The molecule has 0 aliphatic carbocycles. The van der Waals surface area contributed by atoms with Gasteiger partial charge in [0.1, 0.15) is 5.75 Å². The molecule has 1 aromatic carbocycles. The zero-order valence-corrected chi connectivity index (χ0v) is 10.4. The summed E-state index contributed by atoms with van der Waals surface area (Å²) in [6, 6.07) is 8.04. The van der Waals surface area contributed by atoms with E-state index < -0.39 is 0 Å². The Labute approximate surface area is 98.3 Å². The van der Waals surface area contributed by atoms with Gasteiger partial charge in [0.25, 0.3) is 0 Å². The van der Waals surface area contributed by atoms with Crippen molar-refractivity contribution in [3.8, 4) is 5.75 Å². The van der Waals surface area contributed by atoms with E-state index in [0.29, 0.717) is 0 Å². The first-order valence-electron chi connectivity index (χ1n) is 5.76. The smallest absolute Gasteiger partial charge is 0.121 e. The lowest BCUT2D eigenvalue weighted by Gasteiger charge is -2.14. The van der Waals surface area contributed by atoms with Crippen LogP contribution in [0.3, 0.4) is 0 Å². The van der Waals surface area contributed by atoms with Crippen molar-refractivity contribution < 1.29 is 4.74 Å². The summed E-state index contributed by atoms with van der Waals surface area (Å²) in [7, 11) is 0. The maximum absolute atomic E-state index is 5.75. The van der Waals surface area contributed by atoms with E-state index in [1.54, 1.807) is 0 Å². The molecule has 2 nitrogen and oxygen atoms in total. The molecular formula is C14H21NO. The van der Waals surface area contributed by atoms with E-state index in [0.717, 1.165) is 30.0 Å². The van der Waals surface area contributed by atoms with Gasteiger partial charge < -0.3 is 10.1 Å². The average Bonchev–Trinajstić information content (AvgIpc) is 2.26. The Bertz CT molecular complexity index is 346. The second-order valence-corrected chi connectivity index (χ2v) is 4.18. The van der Waals surface area contributed by atoms with E-state index in [2.05, 4.69) is 25.7 Å². The second kappa shape index (κ2) is 6.21. The maximum atomic E-state index is 5.75. The number of ether oxygens (including phenoxy) is 1. The fourth-order valence-corrected chi connectivity index (χ4v) is 1.25. The standard InChI is InChI=1S/C14H21NO/c1-5-12(4)16-14-8-6-7-13(9-14)15-10-11(2)3/h6-9,12,15H,2,5,10H2,1,3-4H3. The molecule has 0 bridgehead atoms. The molecule has 1 N–H and O–H groups in total. The highest BCUT2D eigenvalue weighted by Gasteiger charge is 2.01. The fraction of sp³-hybridized carbons (Fsp3) is 0.429. The Hall–Kier alpha value is -1.44. The molecule has 0 amide bonds. The van der Waals surface area contributed by atoms with Crippen molar-refractivity contribution >= 4 is 5.69 Å². The van der Waals surface area contributed by atoms with Gasteiger partial charge >= 0.3 is 0 Å². The number of hydrogen-bond donors (Lipinski definition) is 1. The first-order valence-corrected chi connectivity index (χ1v) is 5.76. The summed E-state index contributed by atoms with van der Waals surface area (Å²) in [5.74, 6) is 0.918. The molecule has 1 unspecified atom stereocenters. The molecule has 16 heavy (non-hydrogen) atoms. The number of hydrogen-bond acceptors (Lipinski definition) is 2. The lowest BCUT2D eigenvalue weighted by molar-refractivity contribution is 0.217. The normalized spacial score (nSPS) is 11.9. The van der Waals surface area contributed by atoms with Gasteiger partial charge in [0, 0.05) is 18.3 Å². The van der Waals surface area contributed by atoms with Crippen molar-refractivity contribution in [2.24, 2.45) is 0 Å². The molecule has 0 aromatic heterocycles. The molecule has 1 aromatic rings. The number of benzene rings is 1. The van der Waals surface area contributed by atoms with Crippen molar-refractivity contribution in [3.63, 3.8) is 0 Å². The molecule has 1 rings (SSSR count). The van der Waals surface area contributed by atoms with Crippen LogP contribution in [-0.4, -0.2) is 12.6 Å². The quantitative estimate of drug-likeness (QED) is 0.734. The second-order valence-electron chi connectivity index (χ2n) is 4.18. The summed E-state index contributed by atoms with van der Waals surface area (Å²) >= 11 is 0. The SMILES string of the molecule is C=C(C)CNc1cccc(OC(C)CC)c1. The minimum absolute atomic E-state index is 0.261. The van der Waals surface area contributed by atoms with E-state index in [-0.39, 0.29) is 6.10 Å². The zero-order chi connectivity index (χ0) is 12.0. The molecular weight excluding hydrogens is 198 g/mol. The minimum atomic E-state index is 0.261. The fourth-order valence-electron chi connectivity index (χ4n) is 1.25. The topological polar surface area (TPSA) is 21.3 Å². The third kappa shape index (κ3) is 4.39. The molecule has 0 saturated heterocycles. The lowest BCUT2D eigenvalue weighted by Crippen LogP contribution is -2.10. The Morgan fingerprint density at radius 1 is 1.50 bits per heavy atom. The van der Waals surface area contributed by atoms with Crippen LogP contribution in [0.25, 0.3) is 0 Å². The van der Waals surface area contributed by atoms with Crippen molar-refractivity contribution in [3.05, 3.63) is 36.4 Å². The third-order valence-corrected chi connectivity index (χ3v) is 2.34. The van der Waals surface area contributed by atoms with Crippen molar-refractivity contribution in [2.45, 2.75) is 33.3 Å². The average molecular weight is 219 g/mol. The number of rotatable bonds is 6. The number of anilines is 1. The highest BCUT2D eigenvalue weighted by Crippen LogP contribution is 2.19. The molecule has 0 aliphatic rings. The molecule has 0 radical (unpaired) electrons. The zero-order valence-electron chi connectivity index (χ0n) is 10.4. The van der Waals surface area contributed by atoms with Gasteiger partial charge in [-0.05, 0) is 32.4 Å². The van der Waals surface area contributed by atoms with Crippen LogP contribution >= 0.6 is 0 Å². The molecule has 1 atom stereocenters. The van der Waals surface area contributed by atoms with E-state index in [1.807, 2.05) is 31.2 Å². The molecule has 0 spiro atoms. The third-order valence-electron chi connectivity index (χ3n) is 2.34. The summed E-state index contributed by atoms with van der Waals surface area (Å²) in [4.78, 5) is 0. The van der Waals surface area contributed by atoms with Gasteiger partial charge in [0.15, 0.2) is 0 Å². The highest BCUT2D eigenvalue weighted by atomic mass is 16.5. The maximum Gasteiger partial charge on any atom is 0.121 e. The number of nitrogens with one attached hydrogen (secondary N) is 1. The summed E-state index contributed by atoms with van der Waals surface area (Å²) in [6.07, 6.45) is 1.28. The van der Waals surface area contributed by atoms with Gasteiger partial charge in [0.2, 0.25) is 0 Å². The van der Waals surface area contributed by atoms with E-state index in [1.165, 1.54) is 0 Å². The Morgan fingerprint density at radius 3 is 2.88 bits per heavy atom. The molecule has 0 saturated carbocycles. The predicted octanol–water partition coefficient (Wildman–Crippen LogP) is 3.85. The Balaban J connectivity index is 2.60. The van der Waals surface area contributed by atoms with E-state index in [4.69, 9.17) is 4.74 Å². The van der Waals surface area contributed by atoms with Crippen LogP contribution in [0.4, 0.5) is 5.69 Å². The Morgan fingerprint density at radius 2 is 2.25 bits per heavy atom. The largest absolute Gasteiger partial charge is 0.491 e. The Kier molecular flexibility index (Phi) is 4.90. The van der Waals surface area contributed by atoms with Gasteiger partial charge in [-0.25, -0.2) is 0 Å². The lowest BCUT2D eigenvalue weighted by atomic mass is 10.2. The van der Waals surface area contributed by atoms with Crippen LogP contribution in [-0.2, 0) is 0 Å². The van der Waals surface area contributed by atoms with Crippen LogP contribution in [0, 0.1) is 0 Å². The van der Waals surface area contributed by atoms with Crippen LogP contribution in [0.2, 0.25) is 0 Å². The first kappa shape index (κ1) is 12.6. The minimum Gasteiger partial charge on any atom is -0.491 e. The molecule has 88 valence electrons. The first-order chi connectivity index (χ1) is 7.61. The van der Waals surface area contributed by atoms with Crippen LogP contribution in [0.1, 0.15) is 27.2 Å². The monoisotopic (exact) mass is 219 g/mol. The molecule has 0 aliphatic heterocycles. The van der Waals surface area contributed by atoms with Crippen molar-refractivity contribution in [1.29, 1.82) is 0 Å². The van der Waals surface area contributed by atoms with Crippen molar-refractivity contribution in [2.75, 3.05) is 11.9 Å².